The summed E-state index contributed by atoms with van der Waals surface area (Å²) in [4.78, 5) is 0. The Morgan fingerprint density at radius 3 is 0.873 bits per heavy atom. The number of unbranched alkanes of at least 4 members (excludes halogenated alkanes) is 22. The average molecular weight is 783 g/mol. The standard InChI is InChI=1S/C48H94O7/c1-9-17-21-25-27-29-31-35-39-43(49-13-5)45(51-15-7)47(53-41-37-33-23-19-11-3)55-48(54-42-38-34-24-20-12-4)46(52-16-8)44(50-14-6)40-36-32-30-28-26-22-18-10-2/h47-48H,9-42H2,1-8H3. The highest BCUT2D eigenvalue weighted by molar-refractivity contribution is 5.09. The molecule has 0 saturated heterocycles. The van der Waals surface area contributed by atoms with Gasteiger partial charge in [0.05, 0.1) is 39.6 Å². The lowest BCUT2D eigenvalue weighted by molar-refractivity contribution is -0.242. The van der Waals surface area contributed by atoms with Crippen LogP contribution in [0.15, 0.2) is 23.0 Å². The van der Waals surface area contributed by atoms with E-state index in [2.05, 4.69) is 27.7 Å². The molecule has 0 amide bonds. The van der Waals surface area contributed by atoms with Crippen LogP contribution in [0.4, 0.5) is 0 Å². The van der Waals surface area contributed by atoms with Crippen molar-refractivity contribution < 1.29 is 33.2 Å². The maximum absolute atomic E-state index is 6.98. The van der Waals surface area contributed by atoms with Crippen LogP contribution in [0.25, 0.3) is 0 Å². The Bertz CT molecular complexity index is 789. The van der Waals surface area contributed by atoms with Crippen molar-refractivity contribution >= 4 is 0 Å². The van der Waals surface area contributed by atoms with Crippen LogP contribution in [-0.2, 0) is 33.2 Å². The molecule has 0 rings (SSSR count). The SMILES string of the molecule is CCCCCCCCCCC(OCC)=C(OCC)C(OCCCCCCC)OC(OCCCCCCC)C(OCC)=C(CCCCCCCCCC)OCC. The second kappa shape index (κ2) is 42.2. The van der Waals surface area contributed by atoms with Gasteiger partial charge in [0.25, 0.3) is 0 Å². The van der Waals surface area contributed by atoms with Crippen LogP contribution in [0.1, 0.15) is 235 Å². The Morgan fingerprint density at radius 1 is 0.309 bits per heavy atom. The molecule has 0 fully saturated rings. The van der Waals surface area contributed by atoms with Crippen LogP contribution < -0.4 is 0 Å². The summed E-state index contributed by atoms with van der Waals surface area (Å²) in [5, 5.41) is 0. The minimum atomic E-state index is -0.798. The maximum atomic E-state index is 6.98. The van der Waals surface area contributed by atoms with E-state index >= 15 is 0 Å². The molecule has 0 aliphatic heterocycles. The Morgan fingerprint density at radius 2 is 0.582 bits per heavy atom. The highest BCUT2D eigenvalue weighted by atomic mass is 16.8. The molecule has 0 aliphatic rings. The van der Waals surface area contributed by atoms with Gasteiger partial charge in [-0.1, -0.05) is 169 Å². The van der Waals surface area contributed by atoms with Crippen molar-refractivity contribution in [2.75, 3.05) is 39.6 Å². The molecule has 2 atom stereocenters. The first-order valence-corrected chi connectivity index (χ1v) is 23.9. The second-order valence-electron chi connectivity index (χ2n) is 15.1. The van der Waals surface area contributed by atoms with Crippen molar-refractivity contribution in [3.63, 3.8) is 0 Å². The number of allylic oxidation sites excluding steroid dienone is 2. The van der Waals surface area contributed by atoms with E-state index in [9.17, 15) is 0 Å². The van der Waals surface area contributed by atoms with Crippen LogP contribution >= 0.6 is 0 Å². The fourth-order valence-electron chi connectivity index (χ4n) is 6.85. The summed E-state index contributed by atoms with van der Waals surface area (Å²) in [6.07, 6.45) is 31.6. The van der Waals surface area contributed by atoms with Gasteiger partial charge in [0, 0.05) is 12.8 Å². The van der Waals surface area contributed by atoms with Gasteiger partial charge in [-0.2, -0.15) is 0 Å². The zero-order valence-corrected chi connectivity index (χ0v) is 38.1. The molecule has 7 heteroatoms. The smallest absolute Gasteiger partial charge is 0.223 e. The average Bonchev–Trinajstić information content (AvgIpc) is 3.19. The van der Waals surface area contributed by atoms with Gasteiger partial charge in [-0.25, -0.2) is 0 Å². The molecule has 0 spiro atoms. The lowest BCUT2D eigenvalue weighted by atomic mass is 10.1. The highest BCUT2D eigenvalue weighted by Crippen LogP contribution is 2.29. The number of rotatable bonds is 44. The fraction of sp³-hybridized carbons (Fsp3) is 0.917. The summed E-state index contributed by atoms with van der Waals surface area (Å²) in [5.41, 5.74) is 0. The lowest BCUT2D eigenvalue weighted by Gasteiger charge is -2.30. The molecular formula is C48H94O7. The lowest BCUT2D eigenvalue weighted by Crippen LogP contribution is -2.34. The van der Waals surface area contributed by atoms with Gasteiger partial charge < -0.3 is 33.2 Å². The summed E-state index contributed by atoms with van der Waals surface area (Å²) in [6.45, 7) is 20.4. The summed E-state index contributed by atoms with van der Waals surface area (Å²) in [7, 11) is 0. The largest absolute Gasteiger partial charge is 0.495 e. The minimum absolute atomic E-state index is 0.489. The van der Waals surface area contributed by atoms with Crippen LogP contribution in [0.3, 0.4) is 0 Å². The Kier molecular flexibility index (Phi) is 41.1. The molecule has 328 valence electrons. The summed E-state index contributed by atoms with van der Waals surface area (Å²) < 4.78 is 45.9. The van der Waals surface area contributed by atoms with Crippen molar-refractivity contribution in [1.82, 2.24) is 0 Å². The highest BCUT2D eigenvalue weighted by Gasteiger charge is 2.32. The zero-order chi connectivity index (χ0) is 40.5. The van der Waals surface area contributed by atoms with E-state index in [1.54, 1.807) is 0 Å². The molecule has 0 aromatic rings. The predicted octanol–water partition coefficient (Wildman–Crippen LogP) is 15.3. The van der Waals surface area contributed by atoms with Crippen LogP contribution in [-0.4, -0.2) is 52.2 Å². The monoisotopic (exact) mass is 783 g/mol. The fourth-order valence-corrected chi connectivity index (χ4v) is 6.85. The van der Waals surface area contributed by atoms with Crippen molar-refractivity contribution in [2.45, 2.75) is 248 Å². The molecular weight excluding hydrogens is 689 g/mol. The third kappa shape index (κ3) is 30.3. The summed E-state index contributed by atoms with van der Waals surface area (Å²) >= 11 is 0. The molecule has 55 heavy (non-hydrogen) atoms. The topological polar surface area (TPSA) is 64.6 Å². The van der Waals surface area contributed by atoms with Crippen LogP contribution in [0.5, 0.6) is 0 Å². The molecule has 0 bridgehead atoms. The van der Waals surface area contributed by atoms with E-state index in [4.69, 9.17) is 33.2 Å². The quantitative estimate of drug-likeness (QED) is 0.0346. The zero-order valence-electron chi connectivity index (χ0n) is 38.1. The number of hydrogen-bond acceptors (Lipinski definition) is 7. The van der Waals surface area contributed by atoms with E-state index in [1.807, 2.05) is 27.7 Å². The van der Waals surface area contributed by atoms with Crippen LogP contribution in [0, 0.1) is 0 Å². The molecule has 0 N–H and O–H groups in total. The summed E-state index contributed by atoms with van der Waals surface area (Å²) in [5.74, 6) is 2.93. The van der Waals surface area contributed by atoms with Crippen molar-refractivity contribution in [1.29, 1.82) is 0 Å². The third-order valence-electron chi connectivity index (χ3n) is 10.0. The van der Waals surface area contributed by atoms with E-state index in [1.165, 1.54) is 128 Å². The van der Waals surface area contributed by atoms with Crippen molar-refractivity contribution in [3.05, 3.63) is 23.0 Å². The first-order valence-electron chi connectivity index (χ1n) is 23.9. The molecule has 0 aromatic heterocycles. The molecule has 7 nitrogen and oxygen atoms in total. The van der Waals surface area contributed by atoms with Crippen molar-refractivity contribution in [3.8, 4) is 0 Å². The van der Waals surface area contributed by atoms with Gasteiger partial charge in [-0.15, -0.1) is 0 Å². The van der Waals surface area contributed by atoms with E-state index < -0.39 is 12.6 Å². The Hall–Kier alpha value is -1.44. The number of ether oxygens (including phenoxy) is 7. The first-order chi connectivity index (χ1) is 27.1. The predicted molar refractivity (Wildman–Crippen MR) is 233 cm³/mol. The molecule has 0 aliphatic carbocycles. The van der Waals surface area contributed by atoms with E-state index in [-0.39, 0.29) is 0 Å². The third-order valence-corrected chi connectivity index (χ3v) is 10.0. The first kappa shape index (κ1) is 53.6. The maximum Gasteiger partial charge on any atom is 0.223 e. The van der Waals surface area contributed by atoms with Crippen LogP contribution in [0.2, 0.25) is 0 Å². The normalized spacial score (nSPS) is 13.7. The number of hydrogen-bond donors (Lipinski definition) is 0. The molecule has 0 saturated carbocycles. The van der Waals surface area contributed by atoms with E-state index in [0.717, 1.165) is 62.9 Å². The Balaban J connectivity index is 6.56. The molecule has 0 heterocycles. The van der Waals surface area contributed by atoms with Gasteiger partial charge in [0.15, 0.2) is 11.5 Å². The summed E-state index contributed by atoms with van der Waals surface area (Å²) in [6, 6.07) is 0. The van der Waals surface area contributed by atoms with Gasteiger partial charge in [0.2, 0.25) is 12.6 Å². The van der Waals surface area contributed by atoms with Gasteiger partial charge in [0.1, 0.15) is 11.5 Å². The van der Waals surface area contributed by atoms with E-state index in [0.29, 0.717) is 51.2 Å². The van der Waals surface area contributed by atoms with Gasteiger partial charge >= 0.3 is 0 Å². The van der Waals surface area contributed by atoms with Gasteiger partial charge in [-0.05, 0) is 53.4 Å². The molecule has 2 unspecified atom stereocenters. The molecule has 0 aromatic carbocycles. The molecule has 0 radical (unpaired) electrons. The Labute approximate surface area is 342 Å². The second-order valence-corrected chi connectivity index (χ2v) is 15.1. The van der Waals surface area contributed by atoms with Gasteiger partial charge in [-0.3, -0.25) is 0 Å². The van der Waals surface area contributed by atoms with Crippen molar-refractivity contribution in [2.24, 2.45) is 0 Å². The minimum Gasteiger partial charge on any atom is -0.495 e.